The number of hydrogen-bond acceptors (Lipinski definition) is 3. The maximum absolute atomic E-state index is 12.3. The molecule has 0 saturated carbocycles. The average molecular weight is 284 g/mol. The predicted octanol–water partition coefficient (Wildman–Crippen LogP) is 3.17. The van der Waals surface area contributed by atoms with Crippen LogP contribution < -0.4 is 10.6 Å². The molecule has 0 saturated heterocycles. The molecule has 0 radical (unpaired) electrons. The molecule has 0 fully saturated rings. The summed E-state index contributed by atoms with van der Waals surface area (Å²) in [6.07, 6.45) is 0. The molecule has 0 atom stereocenters. The summed E-state index contributed by atoms with van der Waals surface area (Å²) in [5, 5.41) is 15.1. The molecule has 0 spiro atoms. The van der Waals surface area contributed by atoms with Gasteiger partial charge in [-0.2, -0.15) is 0 Å². The Morgan fingerprint density at radius 1 is 1.10 bits per heavy atom. The third-order valence-corrected chi connectivity index (χ3v) is 3.25. The first-order valence-electron chi connectivity index (χ1n) is 6.99. The molecule has 4 nitrogen and oxygen atoms in total. The second-order valence-corrected chi connectivity index (χ2v) is 4.87. The maximum Gasteiger partial charge on any atom is 0.255 e. The number of hydrogen-bond donors (Lipinski definition) is 3. The minimum Gasteiger partial charge on any atom is -0.392 e. The van der Waals surface area contributed by atoms with Crippen LogP contribution in [0.1, 0.15) is 28.4 Å². The van der Waals surface area contributed by atoms with E-state index in [0.29, 0.717) is 11.3 Å². The van der Waals surface area contributed by atoms with Crippen LogP contribution in [0.15, 0.2) is 42.5 Å². The van der Waals surface area contributed by atoms with Gasteiger partial charge in [0.15, 0.2) is 0 Å². The fraction of sp³-hybridized carbons (Fsp3) is 0.235. The van der Waals surface area contributed by atoms with Gasteiger partial charge in [-0.1, -0.05) is 12.1 Å². The number of carbonyl (C=O) groups excluding carboxylic acids is 1. The van der Waals surface area contributed by atoms with E-state index in [2.05, 4.69) is 10.6 Å². The molecule has 2 aromatic carbocycles. The second kappa shape index (κ2) is 6.90. The van der Waals surface area contributed by atoms with Crippen molar-refractivity contribution in [2.45, 2.75) is 20.5 Å². The zero-order valence-corrected chi connectivity index (χ0v) is 12.3. The van der Waals surface area contributed by atoms with Crippen molar-refractivity contribution in [3.63, 3.8) is 0 Å². The highest BCUT2D eigenvalue weighted by atomic mass is 16.3. The first-order valence-corrected chi connectivity index (χ1v) is 6.99. The topological polar surface area (TPSA) is 61.4 Å². The van der Waals surface area contributed by atoms with Crippen molar-refractivity contribution in [3.05, 3.63) is 59.2 Å². The van der Waals surface area contributed by atoms with Gasteiger partial charge >= 0.3 is 0 Å². The number of amides is 1. The Bertz CT molecular complexity index is 621. The molecule has 0 aromatic heterocycles. The summed E-state index contributed by atoms with van der Waals surface area (Å²) in [6.45, 7) is 4.80. The van der Waals surface area contributed by atoms with Gasteiger partial charge in [0, 0.05) is 23.5 Å². The zero-order valence-electron chi connectivity index (χ0n) is 12.3. The van der Waals surface area contributed by atoms with Crippen LogP contribution in [0.5, 0.6) is 0 Å². The Kier molecular flexibility index (Phi) is 4.95. The molecule has 0 unspecified atom stereocenters. The molecule has 2 rings (SSSR count). The lowest BCUT2D eigenvalue weighted by molar-refractivity contribution is 0.102. The van der Waals surface area contributed by atoms with Crippen LogP contribution in [0.3, 0.4) is 0 Å². The normalized spacial score (nSPS) is 10.2. The SMILES string of the molecule is CCNc1ccc(C(=O)Nc2ccc(CO)cc2)c(C)c1. The summed E-state index contributed by atoms with van der Waals surface area (Å²) in [7, 11) is 0. The lowest BCUT2D eigenvalue weighted by atomic mass is 10.1. The van der Waals surface area contributed by atoms with E-state index in [-0.39, 0.29) is 12.5 Å². The number of aryl methyl sites for hydroxylation is 1. The van der Waals surface area contributed by atoms with Crippen molar-refractivity contribution < 1.29 is 9.90 Å². The number of aliphatic hydroxyl groups excluding tert-OH is 1. The Balaban J connectivity index is 2.12. The molecule has 0 aliphatic heterocycles. The first kappa shape index (κ1) is 15.1. The van der Waals surface area contributed by atoms with Gasteiger partial charge in [-0.15, -0.1) is 0 Å². The fourth-order valence-electron chi connectivity index (χ4n) is 2.12. The van der Waals surface area contributed by atoms with Crippen molar-refractivity contribution in [1.82, 2.24) is 0 Å². The number of anilines is 2. The number of nitrogens with one attached hydrogen (secondary N) is 2. The average Bonchev–Trinajstić information content (AvgIpc) is 2.48. The van der Waals surface area contributed by atoms with E-state index in [0.717, 1.165) is 23.4 Å². The van der Waals surface area contributed by atoms with Crippen molar-refractivity contribution >= 4 is 17.3 Å². The number of benzene rings is 2. The second-order valence-electron chi connectivity index (χ2n) is 4.87. The molecule has 21 heavy (non-hydrogen) atoms. The van der Waals surface area contributed by atoms with Gasteiger partial charge in [0.2, 0.25) is 0 Å². The number of rotatable bonds is 5. The lowest BCUT2D eigenvalue weighted by Crippen LogP contribution is -2.13. The van der Waals surface area contributed by atoms with Crippen LogP contribution in [-0.4, -0.2) is 17.6 Å². The van der Waals surface area contributed by atoms with Crippen molar-refractivity contribution in [3.8, 4) is 0 Å². The van der Waals surface area contributed by atoms with E-state index in [1.807, 2.05) is 32.0 Å². The molecule has 0 heterocycles. The van der Waals surface area contributed by atoms with E-state index < -0.39 is 0 Å². The third kappa shape index (κ3) is 3.83. The number of carbonyl (C=O) groups is 1. The van der Waals surface area contributed by atoms with Crippen molar-refractivity contribution in [2.24, 2.45) is 0 Å². The van der Waals surface area contributed by atoms with Gasteiger partial charge in [0.25, 0.3) is 5.91 Å². The minimum atomic E-state index is -0.132. The molecular weight excluding hydrogens is 264 g/mol. The molecule has 0 bridgehead atoms. The van der Waals surface area contributed by atoms with Crippen LogP contribution in [0.25, 0.3) is 0 Å². The summed E-state index contributed by atoms with van der Waals surface area (Å²) in [5.74, 6) is -0.132. The van der Waals surface area contributed by atoms with Crippen molar-refractivity contribution in [1.29, 1.82) is 0 Å². The van der Waals surface area contributed by atoms with E-state index in [1.54, 1.807) is 24.3 Å². The van der Waals surface area contributed by atoms with Crippen LogP contribution in [0.2, 0.25) is 0 Å². The lowest BCUT2D eigenvalue weighted by Gasteiger charge is -2.10. The Hall–Kier alpha value is -2.33. The molecule has 1 amide bonds. The summed E-state index contributed by atoms with van der Waals surface area (Å²) in [6, 6.07) is 12.8. The van der Waals surface area contributed by atoms with E-state index >= 15 is 0 Å². The van der Waals surface area contributed by atoms with Gasteiger partial charge in [0.1, 0.15) is 0 Å². The molecule has 3 N–H and O–H groups in total. The third-order valence-electron chi connectivity index (χ3n) is 3.25. The van der Waals surface area contributed by atoms with Crippen LogP contribution >= 0.6 is 0 Å². The number of aliphatic hydroxyl groups is 1. The van der Waals surface area contributed by atoms with Crippen LogP contribution in [-0.2, 0) is 6.61 Å². The highest BCUT2D eigenvalue weighted by Crippen LogP contribution is 2.17. The van der Waals surface area contributed by atoms with Gasteiger partial charge in [0.05, 0.1) is 6.61 Å². The van der Waals surface area contributed by atoms with Gasteiger partial charge in [-0.3, -0.25) is 4.79 Å². The Labute approximate surface area is 124 Å². The largest absolute Gasteiger partial charge is 0.392 e. The standard InChI is InChI=1S/C17H20N2O2/c1-3-18-15-8-9-16(12(2)10-15)17(21)19-14-6-4-13(11-20)5-7-14/h4-10,18,20H,3,11H2,1-2H3,(H,19,21). The zero-order chi connectivity index (χ0) is 15.2. The quantitative estimate of drug-likeness (QED) is 0.790. The first-order chi connectivity index (χ1) is 10.1. The molecule has 0 aliphatic rings. The highest BCUT2D eigenvalue weighted by Gasteiger charge is 2.09. The fourth-order valence-corrected chi connectivity index (χ4v) is 2.12. The summed E-state index contributed by atoms with van der Waals surface area (Å²) in [5.41, 5.74) is 4.13. The molecular formula is C17H20N2O2. The van der Waals surface area contributed by atoms with E-state index in [4.69, 9.17) is 5.11 Å². The summed E-state index contributed by atoms with van der Waals surface area (Å²) >= 11 is 0. The van der Waals surface area contributed by atoms with Gasteiger partial charge < -0.3 is 15.7 Å². The maximum atomic E-state index is 12.3. The minimum absolute atomic E-state index is 0.000769. The Morgan fingerprint density at radius 3 is 2.33 bits per heavy atom. The smallest absolute Gasteiger partial charge is 0.255 e. The molecule has 0 aliphatic carbocycles. The molecule has 4 heteroatoms. The summed E-state index contributed by atoms with van der Waals surface area (Å²) in [4.78, 5) is 12.3. The predicted molar refractivity (Wildman–Crippen MR) is 85.7 cm³/mol. The van der Waals surface area contributed by atoms with Gasteiger partial charge in [-0.25, -0.2) is 0 Å². The summed E-state index contributed by atoms with van der Waals surface area (Å²) < 4.78 is 0. The monoisotopic (exact) mass is 284 g/mol. The van der Waals surface area contributed by atoms with Gasteiger partial charge in [-0.05, 0) is 55.3 Å². The van der Waals surface area contributed by atoms with Crippen LogP contribution in [0, 0.1) is 6.92 Å². The molecule has 110 valence electrons. The van der Waals surface area contributed by atoms with E-state index in [1.165, 1.54) is 0 Å². The van der Waals surface area contributed by atoms with Crippen LogP contribution in [0.4, 0.5) is 11.4 Å². The molecule has 2 aromatic rings. The van der Waals surface area contributed by atoms with Crippen molar-refractivity contribution in [2.75, 3.05) is 17.2 Å². The Morgan fingerprint density at radius 2 is 1.76 bits per heavy atom. The highest BCUT2D eigenvalue weighted by molar-refractivity contribution is 6.05. The van der Waals surface area contributed by atoms with E-state index in [9.17, 15) is 4.79 Å².